The Labute approximate surface area is 128 Å². The second-order valence-electron chi connectivity index (χ2n) is 4.37. The number of nitrogens with one attached hydrogen (secondary N) is 1. The molecule has 0 saturated carbocycles. The van der Waals surface area contributed by atoms with Gasteiger partial charge in [0.2, 0.25) is 5.91 Å². The van der Waals surface area contributed by atoms with Gasteiger partial charge in [-0.15, -0.1) is 16.6 Å². The molecule has 0 aliphatic heterocycles. The van der Waals surface area contributed by atoms with E-state index in [1.807, 2.05) is 41.8 Å². The number of aryl methyl sites for hydroxylation is 1. The van der Waals surface area contributed by atoms with Gasteiger partial charge in [0.15, 0.2) is 5.16 Å². The molecule has 0 spiro atoms. The summed E-state index contributed by atoms with van der Waals surface area (Å²) in [7, 11) is 0. The molecule has 0 saturated heterocycles. The SMILES string of the molecule is C#CCNC(=O)CSc1nnc(C)n1Cc1ccccc1. The first kappa shape index (κ1) is 15.1. The molecular formula is C15H16N4OS. The lowest BCUT2D eigenvalue weighted by molar-refractivity contribution is -0.118. The average Bonchev–Trinajstić information content (AvgIpc) is 2.85. The van der Waals surface area contributed by atoms with E-state index in [0.717, 1.165) is 11.0 Å². The minimum Gasteiger partial charge on any atom is -0.344 e. The standard InChI is InChI=1S/C15H16N4OS/c1-3-9-16-14(20)11-21-15-18-17-12(2)19(15)10-13-7-5-4-6-8-13/h1,4-8H,9-11H2,2H3,(H,16,20). The van der Waals surface area contributed by atoms with Gasteiger partial charge in [-0.1, -0.05) is 48.0 Å². The van der Waals surface area contributed by atoms with E-state index in [2.05, 4.69) is 21.4 Å². The zero-order valence-electron chi connectivity index (χ0n) is 11.7. The van der Waals surface area contributed by atoms with Gasteiger partial charge < -0.3 is 9.88 Å². The summed E-state index contributed by atoms with van der Waals surface area (Å²) in [5.41, 5.74) is 1.17. The molecule has 108 valence electrons. The topological polar surface area (TPSA) is 59.8 Å². The number of aromatic nitrogens is 3. The number of amides is 1. The van der Waals surface area contributed by atoms with E-state index < -0.39 is 0 Å². The number of benzene rings is 1. The molecule has 0 fully saturated rings. The maximum Gasteiger partial charge on any atom is 0.231 e. The van der Waals surface area contributed by atoms with Crippen molar-refractivity contribution in [3.8, 4) is 12.3 Å². The Morgan fingerprint density at radius 1 is 1.38 bits per heavy atom. The summed E-state index contributed by atoms with van der Waals surface area (Å²) < 4.78 is 1.99. The van der Waals surface area contributed by atoms with E-state index in [1.54, 1.807) is 0 Å². The van der Waals surface area contributed by atoms with Crippen LogP contribution >= 0.6 is 11.8 Å². The molecule has 2 aromatic rings. The molecule has 5 nitrogen and oxygen atoms in total. The van der Waals surface area contributed by atoms with Crippen molar-refractivity contribution in [3.63, 3.8) is 0 Å². The van der Waals surface area contributed by atoms with Gasteiger partial charge in [0, 0.05) is 0 Å². The zero-order chi connectivity index (χ0) is 15.1. The Morgan fingerprint density at radius 3 is 2.86 bits per heavy atom. The second kappa shape index (κ2) is 7.50. The molecule has 0 atom stereocenters. The van der Waals surface area contributed by atoms with Crippen molar-refractivity contribution in [2.45, 2.75) is 18.6 Å². The minimum absolute atomic E-state index is 0.107. The molecule has 0 aliphatic rings. The Hall–Kier alpha value is -2.26. The highest BCUT2D eigenvalue weighted by atomic mass is 32.2. The molecule has 1 aromatic carbocycles. The van der Waals surface area contributed by atoms with Crippen LogP contribution in [-0.4, -0.2) is 33.0 Å². The molecule has 1 N–H and O–H groups in total. The summed E-state index contributed by atoms with van der Waals surface area (Å²) in [6, 6.07) is 10.1. The molecule has 21 heavy (non-hydrogen) atoms. The average molecular weight is 300 g/mol. The summed E-state index contributed by atoms with van der Waals surface area (Å²) in [5, 5.41) is 11.6. The highest BCUT2D eigenvalue weighted by Gasteiger charge is 2.11. The van der Waals surface area contributed by atoms with Gasteiger partial charge in [-0.3, -0.25) is 4.79 Å². The monoisotopic (exact) mass is 300 g/mol. The Morgan fingerprint density at radius 2 is 2.14 bits per heavy atom. The number of rotatable bonds is 6. The van der Waals surface area contributed by atoms with Gasteiger partial charge in [0.05, 0.1) is 18.8 Å². The quantitative estimate of drug-likeness (QED) is 0.648. The van der Waals surface area contributed by atoms with Crippen LogP contribution in [0.25, 0.3) is 0 Å². The molecule has 1 heterocycles. The number of hydrogen-bond donors (Lipinski definition) is 1. The van der Waals surface area contributed by atoms with Crippen LogP contribution in [0.2, 0.25) is 0 Å². The van der Waals surface area contributed by atoms with Gasteiger partial charge >= 0.3 is 0 Å². The number of hydrogen-bond acceptors (Lipinski definition) is 4. The molecule has 0 aliphatic carbocycles. The maximum absolute atomic E-state index is 11.6. The predicted molar refractivity (Wildman–Crippen MR) is 82.9 cm³/mol. The van der Waals surface area contributed by atoms with E-state index in [1.165, 1.54) is 17.3 Å². The highest BCUT2D eigenvalue weighted by molar-refractivity contribution is 7.99. The maximum atomic E-state index is 11.6. The van der Waals surface area contributed by atoms with Crippen molar-refractivity contribution in [1.29, 1.82) is 0 Å². The summed E-state index contributed by atoms with van der Waals surface area (Å²) in [5.74, 6) is 3.36. The first-order valence-electron chi connectivity index (χ1n) is 6.47. The van der Waals surface area contributed by atoms with Crippen LogP contribution in [0.15, 0.2) is 35.5 Å². The number of nitrogens with zero attached hydrogens (tertiary/aromatic N) is 3. The number of thioether (sulfide) groups is 1. The molecule has 1 aromatic heterocycles. The third-order valence-electron chi connectivity index (χ3n) is 2.81. The number of carbonyl (C=O) groups is 1. The normalized spacial score (nSPS) is 10.1. The van der Waals surface area contributed by atoms with Gasteiger partial charge in [-0.25, -0.2) is 0 Å². The van der Waals surface area contributed by atoms with Gasteiger partial charge in [-0.05, 0) is 12.5 Å². The Kier molecular flexibility index (Phi) is 5.41. The molecule has 1 amide bonds. The summed E-state index contributed by atoms with van der Waals surface area (Å²) in [6.07, 6.45) is 5.10. The van der Waals surface area contributed by atoms with E-state index >= 15 is 0 Å². The predicted octanol–water partition coefficient (Wildman–Crippen LogP) is 1.48. The van der Waals surface area contributed by atoms with E-state index in [9.17, 15) is 4.79 Å². The zero-order valence-corrected chi connectivity index (χ0v) is 12.6. The fraction of sp³-hybridized carbons (Fsp3) is 0.267. The Balaban J connectivity index is 2.01. The van der Waals surface area contributed by atoms with Crippen molar-refractivity contribution in [1.82, 2.24) is 20.1 Å². The highest BCUT2D eigenvalue weighted by Crippen LogP contribution is 2.18. The molecule has 6 heteroatoms. The van der Waals surface area contributed by atoms with Crippen molar-refractivity contribution in [3.05, 3.63) is 41.7 Å². The number of carbonyl (C=O) groups excluding carboxylic acids is 1. The summed E-state index contributed by atoms with van der Waals surface area (Å²) in [6.45, 7) is 2.83. The van der Waals surface area contributed by atoms with Crippen LogP contribution < -0.4 is 5.32 Å². The first-order valence-corrected chi connectivity index (χ1v) is 7.46. The van der Waals surface area contributed by atoms with Crippen LogP contribution in [0, 0.1) is 19.3 Å². The third-order valence-corrected chi connectivity index (χ3v) is 3.77. The summed E-state index contributed by atoms with van der Waals surface area (Å²) >= 11 is 1.35. The van der Waals surface area contributed by atoms with Gasteiger partial charge in [0.25, 0.3) is 0 Å². The second-order valence-corrected chi connectivity index (χ2v) is 5.31. The first-order chi connectivity index (χ1) is 10.2. The minimum atomic E-state index is -0.107. The van der Waals surface area contributed by atoms with Crippen molar-refractivity contribution in [2.24, 2.45) is 0 Å². The summed E-state index contributed by atoms with van der Waals surface area (Å²) in [4.78, 5) is 11.6. The van der Waals surface area contributed by atoms with Crippen molar-refractivity contribution >= 4 is 17.7 Å². The number of terminal acetylenes is 1. The third kappa shape index (κ3) is 4.36. The lowest BCUT2D eigenvalue weighted by Crippen LogP contribution is -2.25. The molecule has 0 radical (unpaired) electrons. The van der Waals surface area contributed by atoms with Gasteiger partial charge in [-0.2, -0.15) is 0 Å². The van der Waals surface area contributed by atoms with E-state index in [0.29, 0.717) is 6.54 Å². The molecule has 2 rings (SSSR count). The Bertz CT molecular complexity index is 645. The lowest BCUT2D eigenvalue weighted by Gasteiger charge is -2.08. The van der Waals surface area contributed by atoms with Gasteiger partial charge in [0.1, 0.15) is 5.82 Å². The van der Waals surface area contributed by atoms with Crippen LogP contribution in [0.3, 0.4) is 0 Å². The molecule has 0 bridgehead atoms. The largest absolute Gasteiger partial charge is 0.344 e. The van der Waals surface area contributed by atoms with Crippen LogP contribution in [0.5, 0.6) is 0 Å². The van der Waals surface area contributed by atoms with E-state index in [-0.39, 0.29) is 18.2 Å². The van der Waals surface area contributed by atoms with Crippen LogP contribution in [0.4, 0.5) is 0 Å². The van der Waals surface area contributed by atoms with Crippen molar-refractivity contribution in [2.75, 3.05) is 12.3 Å². The van der Waals surface area contributed by atoms with Crippen LogP contribution in [0.1, 0.15) is 11.4 Å². The van der Waals surface area contributed by atoms with E-state index in [4.69, 9.17) is 6.42 Å². The van der Waals surface area contributed by atoms with Crippen molar-refractivity contribution < 1.29 is 4.79 Å². The molecule has 0 unspecified atom stereocenters. The smallest absolute Gasteiger partial charge is 0.231 e. The molecular weight excluding hydrogens is 284 g/mol. The fourth-order valence-electron chi connectivity index (χ4n) is 1.75. The van der Waals surface area contributed by atoms with Crippen LogP contribution in [-0.2, 0) is 11.3 Å². The fourth-order valence-corrected chi connectivity index (χ4v) is 2.56. The lowest BCUT2D eigenvalue weighted by atomic mass is 10.2.